The molecule has 0 heterocycles. The molecule has 2 rings (SSSR count). The van der Waals surface area contributed by atoms with Crippen molar-refractivity contribution in [3.05, 3.63) is 0 Å². The minimum Gasteiger partial charge on any atom is -0.481 e. The summed E-state index contributed by atoms with van der Waals surface area (Å²) >= 11 is 0. The van der Waals surface area contributed by atoms with Crippen molar-refractivity contribution >= 4 is 5.97 Å². The van der Waals surface area contributed by atoms with E-state index in [2.05, 4.69) is 0 Å². The Hall–Kier alpha value is -0.530. The van der Waals surface area contributed by atoms with Crippen molar-refractivity contribution in [3.63, 3.8) is 0 Å². The average molecular weight is 238 g/mol. The van der Waals surface area contributed by atoms with E-state index >= 15 is 0 Å². The van der Waals surface area contributed by atoms with Crippen LogP contribution in [-0.2, 0) is 4.79 Å². The summed E-state index contributed by atoms with van der Waals surface area (Å²) in [6, 6.07) is 0. The van der Waals surface area contributed by atoms with Gasteiger partial charge in [-0.15, -0.1) is 0 Å². The number of aliphatic carboxylic acids is 1. The molecule has 2 fully saturated rings. The fraction of sp³-hybridized carbons (Fsp3) is 0.933. The molecule has 0 bridgehead atoms. The van der Waals surface area contributed by atoms with Crippen LogP contribution in [0.5, 0.6) is 0 Å². The topological polar surface area (TPSA) is 37.3 Å². The number of carboxylic acids is 1. The molecule has 17 heavy (non-hydrogen) atoms. The van der Waals surface area contributed by atoms with E-state index in [1.807, 2.05) is 0 Å². The van der Waals surface area contributed by atoms with Gasteiger partial charge in [0.15, 0.2) is 0 Å². The molecule has 1 spiro atoms. The zero-order chi connectivity index (χ0) is 12.1. The molecule has 1 N–H and O–H groups in total. The van der Waals surface area contributed by atoms with Crippen LogP contribution in [0.1, 0.15) is 77.0 Å². The second-order valence-corrected chi connectivity index (χ2v) is 6.14. The maximum atomic E-state index is 11.1. The van der Waals surface area contributed by atoms with Crippen LogP contribution in [0.3, 0.4) is 0 Å². The average Bonchev–Trinajstić information content (AvgIpc) is 2.99. The van der Waals surface area contributed by atoms with Gasteiger partial charge in [-0.05, 0) is 24.7 Å². The molecule has 1 unspecified atom stereocenters. The molecule has 98 valence electrons. The summed E-state index contributed by atoms with van der Waals surface area (Å²) in [5, 5.41) is 9.16. The molecule has 2 saturated carbocycles. The highest BCUT2D eigenvalue weighted by Gasteiger charge is 2.56. The van der Waals surface area contributed by atoms with E-state index in [0.717, 1.165) is 6.42 Å². The maximum Gasteiger partial charge on any atom is 0.307 e. The van der Waals surface area contributed by atoms with Gasteiger partial charge in [-0.25, -0.2) is 0 Å². The Labute approximate surface area is 105 Å². The van der Waals surface area contributed by atoms with Crippen LogP contribution < -0.4 is 0 Å². The Morgan fingerprint density at radius 1 is 0.824 bits per heavy atom. The van der Waals surface area contributed by atoms with E-state index in [0.29, 0.717) is 0 Å². The van der Waals surface area contributed by atoms with Crippen LogP contribution in [0.25, 0.3) is 0 Å². The van der Waals surface area contributed by atoms with E-state index in [9.17, 15) is 4.79 Å². The van der Waals surface area contributed by atoms with Gasteiger partial charge >= 0.3 is 5.97 Å². The van der Waals surface area contributed by atoms with E-state index in [1.54, 1.807) is 0 Å². The van der Waals surface area contributed by atoms with Crippen molar-refractivity contribution in [1.82, 2.24) is 0 Å². The third-order valence-electron chi connectivity index (χ3n) is 4.84. The SMILES string of the molecule is O=C(O)C1CC12CCCCCCCCCCC2. The monoisotopic (exact) mass is 238 g/mol. The number of carboxylic acid groups (broad SMARTS) is 1. The lowest BCUT2D eigenvalue weighted by atomic mass is 9.88. The smallest absolute Gasteiger partial charge is 0.307 e. The number of hydrogen-bond acceptors (Lipinski definition) is 1. The van der Waals surface area contributed by atoms with Crippen molar-refractivity contribution in [3.8, 4) is 0 Å². The first-order chi connectivity index (χ1) is 8.25. The minimum absolute atomic E-state index is 0.00885. The molecule has 0 aromatic carbocycles. The predicted molar refractivity (Wildman–Crippen MR) is 69.0 cm³/mol. The quantitative estimate of drug-likeness (QED) is 0.736. The predicted octanol–water partition coefficient (Wildman–Crippen LogP) is 4.38. The largest absolute Gasteiger partial charge is 0.481 e. The molecule has 0 aliphatic heterocycles. The maximum absolute atomic E-state index is 11.1. The van der Waals surface area contributed by atoms with E-state index < -0.39 is 5.97 Å². The molecule has 0 aromatic heterocycles. The second kappa shape index (κ2) is 5.88. The van der Waals surface area contributed by atoms with Gasteiger partial charge in [-0.1, -0.05) is 57.8 Å². The summed E-state index contributed by atoms with van der Waals surface area (Å²) in [5.41, 5.74) is 0.213. The lowest BCUT2D eigenvalue weighted by Gasteiger charge is -2.17. The summed E-state index contributed by atoms with van der Waals surface area (Å²) in [6.07, 6.45) is 15.3. The highest BCUT2D eigenvalue weighted by Crippen LogP contribution is 2.59. The van der Waals surface area contributed by atoms with Gasteiger partial charge in [0.1, 0.15) is 0 Å². The van der Waals surface area contributed by atoms with Gasteiger partial charge in [0.25, 0.3) is 0 Å². The summed E-state index contributed by atoms with van der Waals surface area (Å²) in [6.45, 7) is 0. The molecule has 2 nitrogen and oxygen atoms in total. The van der Waals surface area contributed by atoms with Gasteiger partial charge < -0.3 is 5.11 Å². The van der Waals surface area contributed by atoms with E-state index in [1.165, 1.54) is 70.6 Å². The highest BCUT2D eigenvalue weighted by atomic mass is 16.4. The number of carbonyl (C=O) groups is 1. The number of hydrogen-bond donors (Lipinski definition) is 1. The zero-order valence-electron chi connectivity index (χ0n) is 10.9. The zero-order valence-corrected chi connectivity index (χ0v) is 10.9. The van der Waals surface area contributed by atoms with Crippen molar-refractivity contribution in [2.45, 2.75) is 77.0 Å². The fourth-order valence-corrected chi connectivity index (χ4v) is 3.57. The van der Waals surface area contributed by atoms with Crippen LogP contribution in [0.2, 0.25) is 0 Å². The van der Waals surface area contributed by atoms with Gasteiger partial charge in [-0.2, -0.15) is 0 Å². The molecule has 1 atom stereocenters. The minimum atomic E-state index is -0.544. The highest BCUT2D eigenvalue weighted by molar-refractivity contribution is 5.74. The lowest BCUT2D eigenvalue weighted by molar-refractivity contribution is -0.139. The van der Waals surface area contributed by atoms with Crippen LogP contribution in [0.15, 0.2) is 0 Å². The summed E-state index contributed by atoms with van der Waals surface area (Å²) in [4.78, 5) is 11.1. The molecule has 0 amide bonds. The molecule has 2 aliphatic rings. The third kappa shape index (κ3) is 3.46. The van der Waals surface area contributed by atoms with E-state index in [-0.39, 0.29) is 11.3 Å². The summed E-state index contributed by atoms with van der Waals surface area (Å²) < 4.78 is 0. The van der Waals surface area contributed by atoms with Crippen molar-refractivity contribution in [2.24, 2.45) is 11.3 Å². The van der Waals surface area contributed by atoms with Crippen LogP contribution in [-0.4, -0.2) is 11.1 Å². The Kier molecular flexibility index (Phi) is 4.47. The third-order valence-corrected chi connectivity index (χ3v) is 4.84. The standard InChI is InChI=1S/C15H26O2/c16-14(17)13-12-15(13)10-8-6-4-2-1-3-5-7-9-11-15/h13H,1-12H2,(H,16,17). The lowest BCUT2D eigenvalue weighted by Crippen LogP contribution is -2.11. The van der Waals surface area contributed by atoms with Gasteiger partial charge in [-0.3, -0.25) is 4.79 Å². The van der Waals surface area contributed by atoms with Gasteiger partial charge in [0, 0.05) is 0 Å². The Balaban J connectivity index is 1.84. The molecular weight excluding hydrogens is 212 g/mol. The summed E-state index contributed by atoms with van der Waals surface area (Å²) in [7, 11) is 0. The van der Waals surface area contributed by atoms with Crippen LogP contribution >= 0.6 is 0 Å². The molecule has 0 aromatic rings. The van der Waals surface area contributed by atoms with Gasteiger partial charge in [0.2, 0.25) is 0 Å². The van der Waals surface area contributed by atoms with E-state index in [4.69, 9.17) is 5.11 Å². The van der Waals surface area contributed by atoms with Gasteiger partial charge in [0.05, 0.1) is 5.92 Å². The first-order valence-corrected chi connectivity index (χ1v) is 7.47. The number of rotatable bonds is 1. The van der Waals surface area contributed by atoms with Crippen LogP contribution in [0, 0.1) is 11.3 Å². The first kappa shape index (κ1) is 12.9. The second-order valence-electron chi connectivity index (χ2n) is 6.14. The fourth-order valence-electron chi connectivity index (χ4n) is 3.57. The summed E-state index contributed by atoms with van der Waals surface area (Å²) in [5.74, 6) is -0.553. The first-order valence-electron chi connectivity index (χ1n) is 7.47. The van der Waals surface area contributed by atoms with Crippen LogP contribution in [0.4, 0.5) is 0 Å². The molecule has 2 aliphatic carbocycles. The Morgan fingerprint density at radius 3 is 1.59 bits per heavy atom. The molecule has 0 saturated heterocycles. The Bertz CT molecular complexity index is 248. The Morgan fingerprint density at radius 2 is 1.24 bits per heavy atom. The van der Waals surface area contributed by atoms with Crippen molar-refractivity contribution in [1.29, 1.82) is 0 Å². The molecule has 0 radical (unpaired) electrons. The van der Waals surface area contributed by atoms with Crippen molar-refractivity contribution in [2.75, 3.05) is 0 Å². The molecule has 2 heteroatoms. The molecular formula is C15H26O2. The van der Waals surface area contributed by atoms with Crippen molar-refractivity contribution < 1.29 is 9.90 Å². The normalized spacial score (nSPS) is 30.2.